The molecule has 1 saturated carbocycles. The lowest BCUT2D eigenvalue weighted by Gasteiger charge is -2.34. The van der Waals surface area contributed by atoms with E-state index in [2.05, 4.69) is 22.9 Å². The van der Waals surface area contributed by atoms with Crippen LogP contribution in [0.4, 0.5) is 0 Å². The van der Waals surface area contributed by atoms with Crippen molar-refractivity contribution in [2.24, 2.45) is 17.8 Å². The maximum atomic E-state index is 14.2. The minimum absolute atomic E-state index is 0.0110. The van der Waals surface area contributed by atoms with Gasteiger partial charge in [0, 0.05) is 18.9 Å². The smallest absolute Gasteiger partial charge is 0.262 e. The highest BCUT2D eigenvalue weighted by molar-refractivity contribution is 6.23. The summed E-state index contributed by atoms with van der Waals surface area (Å²) in [5.74, 6) is -2.31. The predicted molar refractivity (Wildman–Crippen MR) is 198 cm³/mol. The Balaban J connectivity index is 1.55. The summed E-state index contributed by atoms with van der Waals surface area (Å²) in [7, 11) is 0. The number of carbonyl (C=O) groups excluding carboxylic acids is 5. The molecule has 1 aliphatic carbocycles. The molecule has 0 bridgehead atoms. The van der Waals surface area contributed by atoms with Gasteiger partial charge in [-0.15, -0.1) is 0 Å². The number of amides is 5. The number of hydrogen-bond acceptors (Lipinski definition) is 6. The molecule has 10 heteroatoms. The fourth-order valence-corrected chi connectivity index (χ4v) is 7.46. The van der Waals surface area contributed by atoms with Crippen LogP contribution in [0.25, 0.3) is 0 Å². The number of nitrogens with one attached hydrogen (secondary N) is 3. The first-order chi connectivity index (χ1) is 24.5. The summed E-state index contributed by atoms with van der Waals surface area (Å²) in [5, 5.41) is 20.7. The van der Waals surface area contributed by atoms with Crippen molar-refractivity contribution in [3.05, 3.63) is 71.3 Å². The Hall–Kier alpha value is -4.05. The van der Waals surface area contributed by atoms with Gasteiger partial charge in [0.05, 0.1) is 23.3 Å². The van der Waals surface area contributed by atoms with Crippen LogP contribution in [0.5, 0.6) is 0 Å². The number of aliphatic hydroxyl groups excluding tert-OH is 1. The maximum Gasteiger partial charge on any atom is 0.262 e. The Labute approximate surface area is 303 Å². The van der Waals surface area contributed by atoms with E-state index in [-0.39, 0.29) is 35.8 Å². The van der Waals surface area contributed by atoms with Crippen molar-refractivity contribution < 1.29 is 29.1 Å². The lowest BCUT2D eigenvalue weighted by molar-refractivity contribution is -0.132. The van der Waals surface area contributed by atoms with Crippen LogP contribution in [0.1, 0.15) is 125 Å². The highest BCUT2D eigenvalue weighted by Crippen LogP contribution is 2.30. The molecule has 5 atom stereocenters. The van der Waals surface area contributed by atoms with Crippen molar-refractivity contribution in [3.63, 3.8) is 0 Å². The Kier molecular flexibility index (Phi) is 15.2. The van der Waals surface area contributed by atoms with Crippen molar-refractivity contribution in [3.8, 4) is 0 Å². The molecule has 2 aliphatic rings. The summed E-state index contributed by atoms with van der Waals surface area (Å²) in [6, 6.07) is 12.9. The molecule has 0 spiro atoms. The molecule has 5 amide bonds. The summed E-state index contributed by atoms with van der Waals surface area (Å²) >= 11 is 0. The van der Waals surface area contributed by atoms with Gasteiger partial charge in [0.2, 0.25) is 17.7 Å². The zero-order chi connectivity index (χ0) is 36.9. The molecular weight excluding hydrogens is 644 g/mol. The van der Waals surface area contributed by atoms with E-state index in [9.17, 15) is 29.1 Å². The molecule has 2 aromatic carbocycles. The van der Waals surface area contributed by atoms with E-state index in [1.807, 2.05) is 51.1 Å². The van der Waals surface area contributed by atoms with E-state index >= 15 is 0 Å². The van der Waals surface area contributed by atoms with Gasteiger partial charge in [0.1, 0.15) is 12.1 Å². The number of hydrogen-bond donors (Lipinski definition) is 4. The van der Waals surface area contributed by atoms with Gasteiger partial charge in [-0.2, -0.15) is 0 Å². The molecule has 10 nitrogen and oxygen atoms in total. The Morgan fingerprint density at radius 2 is 1.45 bits per heavy atom. The standard InChI is InChI=1S/C41H58N4O6/c1-5-7-23-42-37(47)32(27(3)4)26-36(46)34(24-28-17-10-8-11-18-28)44-38(48)33(16-6-2)43-39(49)35(25-29-19-12-9-13-20-29)45-40(50)30-21-14-15-22-31(30)41(45)51/h9,12-15,19-22,27-28,32-36,46H,5-8,10-11,16-18,23-26H2,1-4H3,(H,42,47)(H,43,49)(H,44,48)/t32-,33+,34+,35+,36+/m1/s1. The van der Waals surface area contributed by atoms with Crippen LogP contribution < -0.4 is 16.0 Å². The molecule has 0 unspecified atom stereocenters. The number of nitrogens with zero attached hydrogens (tertiary/aromatic N) is 1. The number of aliphatic hydroxyl groups is 1. The Bertz CT molecular complexity index is 1440. The van der Waals surface area contributed by atoms with E-state index in [1.165, 1.54) is 6.42 Å². The molecule has 1 heterocycles. The average Bonchev–Trinajstić information content (AvgIpc) is 3.38. The second kappa shape index (κ2) is 19.5. The highest BCUT2D eigenvalue weighted by atomic mass is 16.3. The van der Waals surface area contributed by atoms with Gasteiger partial charge in [-0.05, 0) is 55.2 Å². The second-order valence-corrected chi connectivity index (χ2v) is 14.7. The third-order valence-electron chi connectivity index (χ3n) is 10.5. The number of fused-ring (bicyclic) bond motifs is 1. The van der Waals surface area contributed by atoms with Crippen LogP contribution in [-0.4, -0.2) is 70.3 Å². The molecule has 0 radical (unpaired) electrons. The normalized spacial score (nSPS) is 17.7. The molecule has 278 valence electrons. The minimum Gasteiger partial charge on any atom is -0.391 e. The SMILES string of the molecule is CCCCNC(=O)[C@H](C[C@H](O)[C@H](CC1CCCCC1)NC(=O)[C@H](CCC)NC(=O)[C@H](Cc1ccccc1)N1C(=O)c2ccccc2C1=O)C(C)C. The summed E-state index contributed by atoms with van der Waals surface area (Å²) in [5.41, 5.74) is 1.25. The number of rotatable bonds is 19. The summed E-state index contributed by atoms with van der Waals surface area (Å²) in [4.78, 5) is 69.5. The van der Waals surface area contributed by atoms with E-state index in [4.69, 9.17) is 0 Å². The number of carbonyl (C=O) groups is 5. The lowest BCUT2D eigenvalue weighted by Crippen LogP contribution is -2.57. The summed E-state index contributed by atoms with van der Waals surface area (Å²) < 4.78 is 0. The van der Waals surface area contributed by atoms with E-state index in [0.717, 1.165) is 49.0 Å². The van der Waals surface area contributed by atoms with E-state index in [0.29, 0.717) is 31.7 Å². The molecule has 51 heavy (non-hydrogen) atoms. The topological polar surface area (TPSA) is 145 Å². The van der Waals surface area contributed by atoms with Gasteiger partial charge >= 0.3 is 0 Å². The van der Waals surface area contributed by atoms with Crippen LogP contribution in [0, 0.1) is 17.8 Å². The van der Waals surface area contributed by atoms with Crippen LogP contribution >= 0.6 is 0 Å². The van der Waals surface area contributed by atoms with Crippen LogP contribution in [0.3, 0.4) is 0 Å². The first-order valence-electron chi connectivity index (χ1n) is 19.1. The molecule has 1 fully saturated rings. The maximum absolute atomic E-state index is 14.2. The van der Waals surface area contributed by atoms with Crippen molar-refractivity contribution in [1.29, 1.82) is 0 Å². The third-order valence-corrected chi connectivity index (χ3v) is 10.5. The van der Waals surface area contributed by atoms with Crippen LogP contribution in [0.2, 0.25) is 0 Å². The van der Waals surface area contributed by atoms with Crippen molar-refractivity contribution >= 4 is 29.5 Å². The largest absolute Gasteiger partial charge is 0.391 e. The second-order valence-electron chi connectivity index (χ2n) is 14.7. The molecule has 4 rings (SSSR count). The molecule has 1 aliphatic heterocycles. The van der Waals surface area contributed by atoms with Gasteiger partial charge in [-0.25, -0.2) is 0 Å². The predicted octanol–water partition coefficient (Wildman–Crippen LogP) is 5.57. The van der Waals surface area contributed by atoms with Gasteiger partial charge in [0.25, 0.3) is 11.8 Å². The van der Waals surface area contributed by atoms with Gasteiger partial charge in [0.15, 0.2) is 0 Å². The van der Waals surface area contributed by atoms with Crippen molar-refractivity contribution in [2.45, 2.75) is 129 Å². The third kappa shape index (κ3) is 10.7. The molecule has 0 saturated heterocycles. The van der Waals surface area contributed by atoms with Gasteiger partial charge < -0.3 is 21.1 Å². The quantitative estimate of drug-likeness (QED) is 0.111. The van der Waals surface area contributed by atoms with Crippen LogP contribution in [0.15, 0.2) is 54.6 Å². The van der Waals surface area contributed by atoms with E-state index in [1.54, 1.807) is 24.3 Å². The van der Waals surface area contributed by atoms with Crippen molar-refractivity contribution in [1.82, 2.24) is 20.9 Å². The Morgan fingerprint density at radius 1 is 0.824 bits per heavy atom. The number of benzene rings is 2. The molecule has 0 aromatic heterocycles. The Morgan fingerprint density at radius 3 is 2.04 bits per heavy atom. The van der Waals surface area contributed by atoms with Crippen LogP contribution in [-0.2, 0) is 20.8 Å². The first kappa shape index (κ1) is 39.7. The van der Waals surface area contributed by atoms with Crippen molar-refractivity contribution in [2.75, 3.05) is 6.54 Å². The first-order valence-corrected chi connectivity index (χ1v) is 19.1. The highest BCUT2D eigenvalue weighted by Gasteiger charge is 2.43. The molecule has 2 aromatic rings. The molecule has 4 N–H and O–H groups in total. The van der Waals surface area contributed by atoms with E-state index < -0.39 is 53.8 Å². The monoisotopic (exact) mass is 702 g/mol. The summed E-state index contributed by atoms with van der Waals surface area (Å²) in [6.07, 6.45) is 8.04. The average molecular weight is 703 g/mol. The zero-order valence-corrected chi connectivity index (χ0v) is 30.9. The number of unbranched alkanes of at least 4 members (excludes halogenated alkanes) is 1. The minimum atomic E-state index is -1.19. The fourth-order valence-electron chi connectivity index (χ4n) is 7.46. The summed E-state index contributed by atoms with van der Waals surface area (Å²) in [6.45, 7) is 8.51. The fraction of sp³-hybridized carbons (Fsp3) is 0.585. The van der Waals surface area contributed by atoms with Gasteiger partial charge in [-0.3, -0.25) is 28.9 Å². The zero-order valence-electron chi connectivity index (χ0n) is 30.9. The molecular formula is C41H58N4O6. The van der Waals surface area contributed by atoms with Gasteiger partial charge in [-0.1, -0.05) is 115 Å². The lowest BCUT2D eigenvalue weighted by atomic mass is 9.81. The number of imide groups is 1.